The Morgan fingerprint density at radius 1 is 1.08 bits per heavy atom. The number of nitrogens with zero attached hydrogens (tertiary/aromatic N) is 2. The molecule has 134 valence electrons. The molecule has 2 aliphatic rings. The lowest BCUT2D eigenvalue weighted by Gasteiger charge is -2.37. The molecule has 0 radical (unpaired) electrons. The van der Waals surface area contributed by atoms with Crippen LogP contribution in [0.5, 0.6) is 5.75 Å². The Morgan fingerprint density at radius 3 is 2.58 bits per heavy atom. The lowest BCUT2D eigenvalue weighted by molar-refractivity contribution is 0.119. The zero-order valence-corrected chi connectivity index (χ0v) is 14.6. The highest BCUT2D eigenvalue weighted by atomic mass is 19.2. The van der Waals surface area contributed by atoms with Gasteiger partial charge >= 0.3 is 0 Å². The number of piperidine rings is 1. The van der Waals surface area contributed by atoms with Crippen molar-refractivity contribution in [3.8, 4) is 5.75 Å². The summed E-state index contributed by atoms with van der Waals surface area (Å²) in [5, 5.41) is 0. The smallest absolute Gasteiger partial charge is 0.167 e. The number of likely N-dealkylation sites (tertiary alicyclic amines) is 2. The third-order valence-corrected chi connectivity index (χ3v) is 5.46. The first-order valence-electron chi connectivity index (χ1n) is 9.16. The molecule has 5 heteroatoms. The summed E-state index contributed by atoms with van der Waals surface area (Å²) in [6, 6.07) is 3.11. The first-order chi connectivity index (χ1) is 11.7. The van der Waals surface area contributed by atoms with E-state index in [-0.39, 0.29) is 0 Å². The SMILES string of the molecule is COc1ccc(F)c(F)c1CN1CCCC[C@H]1CCN1CCCC1. The van der Waals surface area contributed by atoms with E-state index < -0.39 is 11.6 Å². The summed E-state index contributed by atoms with van der Waals surface area (Å²) in [6.07, 6.45) is 7.22. The van der Waals surface area contributed by atoms with E-state index >= 15 is 0 Å². The molecule has 0 aliphatic carbocycles. The van der Waals surface area contributed by atoms with Gasteiger partial charge in [0.25, 0.3) is 0 Å². The van der Waals surface area contributed by atoms with E-state index in [0.717, 1.165) is 38.4 Å². The monoisotopic (exact) mass is 338 g/mol. The lowest BCUT2D eigenvalue weighted by atomic mass is 9.98. The highest BCUT2D eigenvalue weighted by Crippen LogP contribution is 2.29. The molecule has 1 aromatic rings. The van der Waals surface area contributed by atoms with Crippen molar-refractivity contribution in [1.29, 1.82) is 0 Å². The van der Waals surface area contributed by atoms with Crippen molar-refractivity contribution >= 4 is 0 Å². The number of rotatable bonds is 6. The zero-order chi connectivity index (χ0) is 16.9. The predicted octanol–water partition coefficient (Wildman–Crippen LogP) is 3.81. The number of hydrogen-bond acceptors (Lipinski definition) is 3. The molecule has 0 saturated carbocycles. The maximum atomic E-state index is 14.3. The van der Waals surface area contributed by atoms with E-state index in [2.05, 4.69) is 9.80 Å². The van der Waals surface area contributed by atoms with Crippen LogP contribution in [0.4, 0.5) is 8.78 Å². The summed E-state index contributed by atoms with van der Waals surface area (Å²) in [4.78, 5) is 4.84. The van der Waals surface area contributed by atoms with E-state index in [9.17, 15) is 8.78 Å². The van der Waals surface area contributed by atoms with Gasteiger partial charge in [-0.3, -0.25) is 4.90 Å². The molecule has 0 spiro atoms. The van der Waals surface area contributed by atoms with Gasteiger partial charge in [-0.1, -0.05) is 6.42 Å². The van der Waals surface area contributed by atoms with Crippen LogP contribution in [0.3, 0.4) is 0 Å². The number of benzene rings is 1. The second kappa shape index (κ2) is 8.26. The minimum Gasteiger partial charge on any atom is -0.496 e. The van der Waals surface area contributed by atoms with Crippen LogP contribution < -0.4 is 4.74 Å². The molecule has 0 aromatic heterocycles. The van der Waals surface area contributed by atoms with Gasteiger partial charge in [-0.05, 0) is 70.4 Å². The highest BCUT2D eigenvalue weighted by Gasteiger charge is 2.26. The Kier molecular flexibility index (Phi) is 6.06. The Morgan fingerprint density at radius 2 is 1.83 bits per heavy atom. The minimum atomic E-state index is -0.795. The first kappa shape index (κ1) is 17.6. The Bertz CT molecular complexity index is 546. The van der Waals surface area contributed by atoms with Gasteiger partial charge in [0, 0.05) is 18.2 Å². The topological polar surface area (TPSA) is 15.7 Å². The third-order valence-electron chi connectivity index (χ3n) is 5.46. The van der Waals surface area contributed by atoms with Crippen LogP contribution in [0.1, 0.15) is 44.1 Å². The van der Waals surface area contributed by atoms with Gasteiger partial charge in [0.05, 0.1) is 7.11 Å². The molecule has 0 bridgehead atoms. The van der Waals surface area contributed by atoms with Crippen LogP contribution in [0, 0.1) is 11.6 Å². The van der Waals surface area contributed by atoms with E-state index in [1.54, 1.807) is 0 Å². The maximum absolute atomic E-state index is 14.3. The lowest BCUT2D eigenvalue weighted by Crippen LogP contribution is -2.41. The van der Waals surface area contributed by atoms with E-state index in [4.69, 9.17) is 4.74 Å². The van der Waals surface area contributed by atoms with Crippen LogP contribution in [0.15, 0.2) is 12.1 Å². The van der Waals surface area contributed by atoms with Crippen molar-refractivity contribution in [1.82, 2.24) is 9.80 Å². The fourth-order valence-corrected chi connectivity index (χ4v) is 4.05. The van der Waals surface area contributed by atoms with Gasteiger partial charge in [0.1, 0.15) is 5.75 Å². The predicted molar refractivity (Wildman–Crippen MR) is 91.3 cm³/mol. The molecule has 3 nitrogen and oxygen atoms in total. The van der Waals surface area contributed by atoms with Crippen LogP contribution in [0.25, 0.3) is 0 Å². The van der Waals surface area contributed by atoms with Gasteiger partial charge in [-0.15, -0.1) is 0 Å². The molecule has 0 amide bonds. The van der Waals surface area contributed by atoms with Gasteiger partial charge in [0.2, 0.25) is 0 Å². The second-order valence-electron chi connectivity index (χ2n) is 7.00. The second-order valence-corrected chi connectivity index (χ2v) is 7.00. The summed E-state index contributed by atoms with van der Waals surface area (Å²) < 4.78 is 33.2. The molecular formula is C19H28F2N2O. The van der Waals surface area contributed by atoms with E-state index in [1.165, 1.54) is 45.5 Å². The largest absolute Gasteiger partial charge is 0.496 e. The molecule has 1 aromatic carbocycles. The van der Waals surface area contributed by atoms with Gasteiger partial charge in [0.15, 0.2) is 11.6 Å². The normalized spacial score (nSPS) is 22.9. The van der Waals surface area contributed by atoms with Gasteiger partial charge < -0.3 is 9.64 Å². The van der Waals surface area contributed by atoms with Crippen molar-refractivity contribution in [2.45, 2.75) is 51.1 Å². The van der Waals surface area contributed by atoms with Crippen molar-refractivity contribution in [3.63, 3.8) is 0 Å². The van der Waals surface area contributed by atoms with Gasteiger partial charge in [-0.25, -0.2) is 8.78 Å². The summed E-state index contributed by atoms with van der Waals surface area (Å²) in [5.74, 6) is -1.12. The van der Waals surface area contributed by atoms with Crippen LogP contribution in [-0.4, -0.2) is 49.1 Å². The molecule has 2 heterocycles. The Labute approximate surface area is 143 Å². The van der Waals surface area contributed by atoms with Gasteiger partial charge in [-0.2, -0.15) is 0 Å². The highest BCUT2D eigenvalue weighted by molar-refractivity contribution is 5.35. The minimum absolute atomic E-state index is 0.352. The van der Waals surface area contributed by atoms with Crippen LogP contribution in [0.2, 0.25) is 0 Å². The quantitative estimate of drug-likeness (QED) is 0.784. The molecule has 24 heavy (non-hydrogen) atoms. The van der Waals surface area contributed by atoms with Crippen molar-refractivity contribution in [2.24, 2.45) is 0 Å². The standard InChI is InChI=1S/C19H28F2N2O/c1-24-18-8-7-17(20)19(21)16(18)14-23-12-3-2-6-15(23)9-13-22-10-4-5-11-22/h7-8,15H,2-6,9-14H2,1H3/t15-/m0/s1. The molecule has 2 fully saturated rings. The number of hydrogen-bond donors (Lipinski definition) is 0. The van der Waals surface area contributed by atoms with Crippen molar-refractivity contribution < 1.29 is 13.5 Å². The number of halogens is 2. The summed E-state index contributed by atoms with van der Waals surface area (Å²) in [5.41, 5.74) is 0.352. The molecule has 0 N–H and O–H groups in total. The fraction of sp³-hybridized carbons (Fsp3) is 0.684. The van der Waals surface area contributed by atoms with Crippen LogP contribution in [-0.2, 0) is 6.54 Å². The molecule has 2 aliphatic heterocycles. The molecule has 1 atom stereocenters. The van der Waals surface area contributed by atoms with E-state index in [1.807, 2.05) is 0 Å². The molecular weight excluding hydrogens is 310 g/mol. The third kappa shape index (κ3) is 4.06. The zero-order valence-electron chi connectivity index (χ0n) is 14.6. The molecule has 3 rings (SSSR count). The summed E-state index contributed by atoms with van der Waals surface area (Å²) >= 11 is 0. The van der Waals surface area contributed by atoms with E-state index in [0.29, 0.717) is 23.9 Å². The summed E-state index contributed by atoms with van der Waals surface area (Å²) in [7, 11) is 1.51. The number of methoxy groups -OCH3 is 1. The number of ether oxygens (including phenoxy) is 1. The Hall–Kier alpha value is -1.20. The average molecular weight is 338 g/mol. The fourth-order valence-electron chi connectivity index (χ4n) is 4.05. The first-order valence-corrected chi connectivity index (χ1v) is 9.16. The van der Waals surface area contributed by atoms with Crippen molar-refractivity contribution in [3.05, 3.63) is 29.3 Å². The Balaban J connectivity index is 1.68. The van der Waals surface area contributed by atoms with Crippen molar-refractivity contribution in [2.75, 3.05) is 33.3 Å². The molecule has 2 saturated heterocycles. The maximum Gasteiger partial charge on any atom is 0.167 e. The average Bonchev–Trinajstić information content (AvgIpc) is 3.12. The summed E-state index contributed by atoms with van der Waals surface area (Å²) in [6.45, 7) is 4.91. The molecule has 0 unspecified atom stereocenters. The van der Waals surface area contributed by atoms with Crippen LogP contribution >= 0.6 is 0 Å².